The third-order valence-electron chi connectivity index (χ3n) is 4.71. The van der Waals surface area contributed by atoms with Crippen molar-refractivity contribution in [1.82, 2.24) is 9.47 Å². The van der Waals surface area contributed by atoms with Crippen molar-refractivity contribution < 1.29 is 24.3 Å². The average Bonchev–Trinajstić information content (AvgIpc) is 2.63. The molecule has 0 fully saturated rings. The lowest BCUT2D eigenvalue weighted by molar-refractivity contribution is -0.139. The van der Waals surface area contributed by atoms with Gasteiger partial charge in [-0.2, -0.15) is 0 Å². The zero-order valence-corrected chi connectivity index (χ0v) is 16.3. The molecule has 152 valence electrons. The second-order valence-electron chi connectivity index (χ2n) is 6.44. The minimum Gasteiger partial charge on any atom is -0.494 e. The zero-order chi connectivity index (χ0) is 22.2. The van der Waals surface area contributed by atoms with E-state index in [0.717, 1.165) is 9.47 Å². The summed E-state index contributed by atoms with van der Waals surface area (Å²) >= 11 is 0. The Morgan fingerprint density at radius 1 is 1.00 bits per heavy atom. The third-order valence-corrected chi connectivity index (χ3v) is 4.71. The van der Waals surface area contributed by atoms with Crippen LogP contribution in [0.2, 0.25) is 0 Å². The van der Waals surface area contributed by atoms with E-state index in [0.29, 0.717) is 0 Å². The highest BCUT2D eigenvalue weighted by molar-refractivity contribution is 6.27. The predicted octanol–water partition coefficient (Wildman–Crippen LogP) is -0.762. The van der Waals surface area contributed by atoms with Gasteiger partial charge < -0.3 is 16.6 Å². The molecule has 2 heterocycles. The molecule has 10 heteroatoms. The average molecular weight is 400 g/mol. The SMILES string of the molecule is CC1=C(C(N)=O)C(=O)N(C)C(=O)C1=CC=Cc1c(C)c(C(N)=O)c(=O)n(C)c1O. The number of primary amides is 2. The van der Waals surface area contributed by atoms with E-state index in [1.54, 1.807) is 0 Å². The predicted molar refractivity (Wildman–Crippen MR) is 103 cm³/mol. The van der Waals surface area contributed by atoms with Crippen LogP contribution in [0, 0.1) is 6.92 Å². The van der Waals surface area contributed by atoms with Crippen molar-refractivity contribution in [2.24, 2.45) is 18.5 Å². The number of allylic oxidation sites excluding steroid dienone is 2. The summed E-state index contributed by atoms with van der Waals surface area (Å²) in [6.07, 6.45) is 4.07. The monoisotopic (exact) mass is 400 g/mol. The normalized spacial score (nSPS) is 16.3. The first kappa shape index (κ1) is 21.4. The summed E-state index contributed by atoms with van der Waals surface area (Å²) in [6, 6.07) is 0. The molecule has 1 aromatic heterocycles. The minimum atomic E-state index is -0.959. The van der Waals surface area contributed by atoms with Gasteiger partial charge >= 0.3 is 0 Å². The molecule has 0 unspecified atom stereocenters. The van der Waals surface area contributed by atoms with E-state index >= 15 is 0 Å². The molecule has 0 radical (unpaired) electrons. The second kappa shape index (κ2) is 7.58. The molecule has 0 bridgehead atoms. The van der Waals surface area contributed by atoms with Gasteiger partial charge in [0, 0.05) is 25.2 Å². The number of nitrogens with two attached hydrogens (primary N) is 2. The number of carbonyl (C=O) groups excluding carboxylic acids is 4. The van der Waals surface area contributed by atoms with Crippen LogP contribution in [0.4, 0.5) is 0 Å². The van der Waals surface area contributed by atoms with Crippen LogP contribution in [-0.2, 0) is 21.4 Å². The van der Waals surface area contributed by atoms with Crippen molar-refractivity contribution in [2.45, 2.75) is 13.8 Å². The lowest BCUT2D eigenvalue weighted by Crippen LogP contribution is -2.43. The van der Waals surface area contributed by atoms with Gasteiger partial charge in [-0.1, -0.05) is 6.08 Å². The van der Waals surface area contributed by atoms with Gasteiger partial charge in [-0.25, -0.2) is 0 Å². The lowest BCUT2D eigenvalue weighted by atomic mass is 9.94. The van der Waals surface area contributed by atoms with Crippen molar-refractivity contribution >= 4 is 29.7 Å². The molecule has 0 aliphatic carbocycles. The highest BCUT2D eigenvalue weighted by Gasteiger charge is 2.35. The first-order valence-electron chi connectivity index (χ1n) is 8.35. The summed E-state index contributed by atoms with van der Waals surface area (Å²) in [4.78, 5) is 60.5. The van der Waals surface area contributed by atoms with Crippen LogP contribution in [0.5, 0.6) is 5.88 Å². The zero-order valence-electron chi connectivity index (χ0n) is 16.3. The Kier molecular flexibility index (Phi) is 5.58. The van der Waals surface area contributed by atoms with E-state index < -0.39 is 35.1 Å². The molecule has 29 heavy (non-hydrogen) atoms. The van der Waals surface area contributed by atoms with Crippen LogP contribution in [0.3, 0.4) is 0 Å². The number of aromatic hydroxyl groups is 1. The Morgan fingerprint density at radius 3 is 2.10 bits per heavy atom. The van der Waals surface area contributed by atoms with Gasteiger partial charge in [0.15, 0.2) is 0 Å². The molecule has 0 aromatic carbocycles. The minimum absolute atomic E-state index is 0.0502. The quantitative estimate of drug-likeness (QED) is 0.341. The number of nitrogens with zero attached hydrogens (tertiary/aromatic N) is 2. The van der Waals surface area contributed by atoms with Crippen LogP contribution >= 0.6 is 0 Å². The number of carbonyl (C=O) groups is 4. The van der Waals surface area contributed by atoms with Gasteiger partial charge in [0.05, 0.1) is 0 Å². The topological polar surface area (TPSA) is 166 Å². The largest absolute Gasteiger partial charge is 0.494 e. The fraction of sp³-hybridized carbons (Fsp3) is 0.211. The molecule has 0 saturated heterocycles. The van der Waals surface area contributed by atoms with Gasteiger partial charge in [-0.05, 0) is 37.1 Å². The highest BCUT2D eigenvalue weighted by Crippen LogP contribution is 2.26. The van der Waals surface area contributed by atoms with E-state index in [1.165, 1.54) is 46.2 Å². The maximum atomic E-state index is 12.4. The number of likely N-dealkylation sites (N-methyl/N-ethyl adjacent to an activating group) is 1. The van der Waals surface area contributed by atoms with Crippen LogP contribution in [0.1, 0.15) is 28.4 Å². The first-order chi connectivity index (χ1) is 13.4. The molecule has 5 N–H and O–H groups in total. The van der Waals surface area contributed by atoms with Gasteiger partial charge in [0.25, 0.3) is 29.2 Å². The number of aromatic nitrogens is 1. The number of hydrogen-bond acceptors (Lipinski definition) is 6. The number of amides is 4. The van der Waals surface area contributed by atoms with Gasteiger partial charge in [0.1, 0.15) is 11.1 Å². The summed E-state index contributed by atoms with van der Waals surface area (Å²) in [6.45, 7) is 2.87. The summed E-state index contributed by atoms with van der Waals surface area (Å²) in [5.74, 6) is -3.73. The van der Waals surface area contributed by atoms with Crippen molar-refractivity contribution in [2.75, 3.05) is 7.05 Å². The Balaban J connectivity index is 2.64. The van der Waals surface area contributed by atoms with Gasteiger partial charge in [-0.15, -0.1) is 0 Å². The van der Waals surface area contributed by atoms with Crippen molar-refractivity contribution in [3.05, 3.63) is 55.9 Å². The molecule has 0 spiro atoms. The van der Waals surface area contributed by atoms with Crippen molar-refractivity contribution in [1.29, 1.82) is 0 Å². The summed E-state index contributed by atoms with van der Waals surface area (Å²) < 4.78 is 0.870. The fourth-order valence-corrected chi connectivity index (χ4v) is 3.02. The molecular formula is C19H20N4O6. The van der Waals surface area contributed by atoms with E-state index in [-0.39, 0.29) is 33.4 Å². The van der Waals surface area contributed by atoms with Crippen LogP contribution in [-0.4, -0.2) is 45.2 Å². The Morgan fingerprint density at radius 2 is 1.59 bits per heavy atom. The van der Waals surface area contributed by atoms with Crippen molar-refractivity contribution in [3.8, 4) is 5.88 Å². The Bertz CT molecular complexity index is 1120. The smallest absolute Gasteiger partial charge is 0.266 e. The van der Waals surface area contributed by atoms with Crippen LogP contribution in [0.15, 0.2) is 33.7 Å². The summed E-state index contributed by atoms with van der Waals surface area (Å²) in [7, 11) is 2.50. The van der Waals surface area contributed by atoms with Crippen LogP contribution in [0.25, 0.3) is 6.08 Å². The van der Waals surface area contributed by atoms with E-state index in [2.05, 4.69) is 0 Å². The number of pyridine rings is 1. The molecule has 1 aromatic rings. The standard InChI is InChI=1S/C19H20N4O6/c1-8-10(16(26)22(3)18(28)12(8)14(20)24)6-5-7-11-9(2)13(15(21)25)19(29)23(4)17(11)27/h5-7,26H,1-4H3,(H2,20,24)(H2,21,25). The fourth-order valence-electron chi connectivity index (χ4n) is 3.02. The number of rotatable bonds is 4. The molecule has 4 amide bonds. The molecular weight excluding hydrogens is 380 g/mol. The van der Waals surface area contributed by atoms with Crippen LogP contribution < -0.4 is 17.0 Å². The second-order valence-corrected chi connectivity index (χ2v) is 6.44. The maximum absolute atomic E-state index is 12.4. The first-order valence-corrected chi connectivity index (χ1v) is 8.35. The molecule has 0 saturated carbocycles. The molecule has 1 aliphatic heterocycles. The Labute approximate surface area is 165 Å². The molecule has 1 aliphatic rings. The molecule has 10 nitrogen and oxygen atoms in total. The van der Waals surface area contributed by atoms with E-state index in [9.17, 15) is 29.1 Å². The number of hydrogen-bond donors (Lipinski definition) is 3. The number of imide groups is 1. The van der Waals surface area contributed by atoms with Gasteiger partial charge in [-0.3, -0.25) is 33.4 Å². The highest BCUT2D eigenvalue weighted by atomic mass is 16.3. The van der Waals surface area contributed by atoms with Crippen molar-refractivity contribution in [3.63, 3.8) is 0 Å². The summed E-state index contributed by atoms with van der Waals surface area (Å²) in [5.41, 5.74) is 9.66. The molecule has 0 atom stereocenters. The molecule has 2 rings (SSSR count). The third kappa shape index (κ3) is 3.47. The summed E-state index contributed by atoms with van der Waals surface area (Å²) in [5, 5.41) is 10.2. The maximum Gasteiger partial charge on any atom is 0.266 e. The van der Waals surface area contributed by atoms with E-state index in [4.69, 9.17) is 11.5 Å². The Hall–Kier alpha value is -3.95. The van der Waals surface area contributed by atoms with Gasteiger partial charge in [0.2, 0.25) is 5.88 Å². The van der Waals surface area contributed by atoms with E-state index in [1.807, 2.05) is 0 Å². The lowest BCUT2D eigenvalue weighted by Gasteiger charge is -2.24.